The molecule has 2 N–H and O–H groups in total. The Kier molecular flexibility index (Phi) is 15.5. The molecule has 40 heavy (non-hydrogen) atoms. The Morgan fingerprint density at radius 1 is 0.850 bits per heavy atom. The van der Waals surface area contributed by atoms with Gasteiger partial charge in [-0.25, -0.2) is 9.59 Å². The molecule has 1 fully saturated rings. The summed E-state index contributed by atoms with van der Waals surface area (Å²) in [5, 5.41) is 15.6. The number of carboxylic acid groups (broad SMARTS) is 2. The largest absolute Gasteiger partial charge is 0.478 e. The molecule has 2 aromatic carbocycles. The van der Waals surface area contributed by atoms with E-state index in [2.05, 4.69) is 81.6 Å². The molecule has 1 aliphatic heterocycles. The van der Waals surface area contributed by atoms with Gasteiger partial charge in [0.1, 0.15) is 0 Å². The summed E-state index contributed by atoms with van der Waals surface area (Å²) in [6, 6.07) is 22.0. The quantitative estimate of drug-likeness (QED) is 0.101. The summed E-state index contributed by atoms with van der Waals surface area (Å²) in [5.41, 5.74) is 2.86. The molecule has 1 heterocycles. The number of likely N-dealkylation sites (tertiary alicyclic amines) is 1. The number of esters is 1. The van der Waals surface area contributed by atoms with Crippen molar-refractivity contribution in [1.29, 1.82) is 0 Å². The highest BCUT2D eigenvalue weighted by Crippen LogP contribution is 2.37. The molecule has 216 valence electrons. The fourth-order valence-electron chi connectivity index (χ4n) is 4.85. The van der Waals surface area contributed by atoms with E-state index in [1.165, 1.54) is 37.5 Å². The third-order valence-electron chi connectivity index (χ3n) is 6.87. The molecule has 0 aromatic heterocycles. The average molecular weight is 551 g/mol. The predicted molar refractivity (Wildman–Crippen MR) is 157 cm³/mol. The Hall–Kier alpha value is -3.94. The molecule has 0 amide bonds. The second-order valence-corrected chi connectivity index (χ2v) is 9.80. The first kappa shape index (κ1) is 32.3. The van der Waals surface area contributed by atoms with Gasteiger partial charge in [0.15, 0.2) is 0 Å². The normalized spacial score (nSPS) is 13.8. The maximum absolute atomic E-state index is 11.1. The molecule has 0 spiro atoms. The third kappa shape index (κ3) is 13.2. The molecule has 1 aliphatic rings. The van der Waals surface area contributed by atoms with Crippen molar-refractivity contribution in [2.45, 2.75) is 57.3 Å². The number of aliphatic imine (C=N–C) groups is 1. The van der Waals surface area contributed by atoms with Crippen molar-refractivity contribution < 1.29 is 29.3 Å². The second-order valence-electron chi connectivity index (χ2n) is 9.80. The van der Waals surface area contributed by atoms with Crippen LogP contribution in [0.25, 0.3) is 0 Å². The minimum atomic E-state index is -1.26. The third-order valence-corrected chi connectivity index (χ3v) is 6.87. The fraction of sp³-hybridized carbons (Fsp3) is 0.438. The van der Waals surface area contributed by atoms with Crippen LogP contribution in [0.15, 0.2) is 77.8 Å². The lowest BCUT2D eigenvalue weighted by Gasteiger charge is -2.36. The number of piperidine rings is 1. The van der Waals surface area contributed by atoms with Crippen molar-refractivity contribution in [3.05, 3.63) is 83.9 Å². The van der Waals surface area contributed by atoms with Crippen LogP contribution in [0.3, 0.4) is 0 Å². The maximum atomic E-state index is 11.1. The molecule has 0 aliphatic carbocycles. The molecule has 8 nitrogen and oxygen atoms in total. The molecular formula is C32H42N2O6. The molecule has 8 heteroatoms. The predicted octanol–water partition coefficient (Wildman–Crippen LogP) is 5.78. The highest BCUT2D eigenvalue weighted by Gasteiger charge is 2.28. The van der Waals surface area contributed by atoms with Gasteiger partial charge in [-0.2, -0.15) is 0 Å². The number of hydrogen-bond acceptors (Lipinski definition) is 5. The van der Waals surface area contributed by atoms with Crippen molar-refractivity contribution in [3.8, 4) is 0 Å². The zero-order chi connectivity index (χ0) is 29.0. The standard InChI is InChI=1S/C28H38N2O2.C4H4O4/c1-32-27(31)17-11-3-2-4-12-20-29-23-30-21-18-26(19-22-30)28(24-13-7-5-8-14-24)25-15-9-6-10-16-25;5-3(6)1-2-4(7)8/h5-10,13-16,23,26,28H,2-4,11-12,17-22H2,1H3;1-2H,(H,5,6)(H,7,8)/b;2-1+. The number of hydrogen-bond donors (Lipinski definition) is 2. The van der Waals surface area contributed by atoms with Crippen molar-refractivity contribution in [1.82, 2.24) is 4.90 Å². The van der Waals surface area contributed by atoms with Gasteiger partial charge in [0, 0.05) is 44.1 Å². The topological polar surface area (TPSA) is 117 Å². The molecule has 0 atom stereocenters. The van der Waals surface area contributed by atoms with Crippen LogP contribution in [0.1, 0.15) is 68.4 Å². The lowest BCUT2D eigenvalue weighted by Crippen LogP contribution is -2.35. The van der Waals surface area contributed by atoms with Crippen molar-refractivity contribution in [2.24, 2.45) is 10.9 Å². The first-order valence-electron chi connectivity index (χ1n) is 13.9. The van der Waals surface area contributed by atoms with E-state index in [9.17, 15) is 14.4 Å². The first-order chi connectivity index (χ1) is 19.4. The molecule has 0 bridgehead atoms. The lowest BCUT2D eigenvalue weighted by molar-refractivity contribution is -0.140. The van der Waals surface area contributed by atoms with Gasteiger partial charge in [0.05, 0.1) is 13.4 Å². The van der Waals surface area contributed by atoms with Crippen LogP contribution >= 0.6 is 0 Å². The van der Waals surface area contributed by atoms with Gasteiger partial charge < -0.3 is 19.8 Å². The molecule has 1 saturated heterocycles. The Morgan fingerprint density at radius 3 is 1.85 bits per heavy atom. The number of benzene rings is 2. The number of methoxy groups -OCH3 is 1. The van der Waals surface area contributed by atoms with E-state index in [4.69, 9.17) is 10.2 Å². The van der Waals surface area contributed by atoms with Crippen LogP contribution in [0, 0.1) is 5.92 Å². The van der Waals surface area contributed by atoms with Crippen LogP contribution in [0.5, 0.6) is 0 Å². The first-order valence-corrected chi connectivity index (χ1v) is 13.9. The summed E-state index contributed by atoms with van der Waals surface area (Å²) in [7, 11) is 1.45. The minimum absolute atomic E-state index is 0.0998. The fourth-order valence-corrected chi connectivity index (χ4v) is 4.85. The molecular weight excluding hydrogens is 508 g/mol. The summed E-state index contributed by atoms with van der Waals surface area (Å²) in [5.74, 6) is -1.48. The van der Waals surface area contributed by atoms with Crippen molar-refractivity contribution in [3.63, 3.8) is 0 Å². The number of unbranched alkanes of at least 4 members (excludes halogenated alkanes) is 4. The van der Waals surface area contributed by atoms with Crippen LogP contribution in [0.4, 0.5) is 0 Å². The van der Waals surface area contributed by atoms with E-state index < -0.39 is 11.9 Å². The summed E-state index contributed by atoms with van der Waals surface area (Å²) >= 11 is 0. The highest BCUT2D eigenvalue weighted by atomic mass is 16.5. The lowest BCUT2D eigenvalue weighted by atomic mass is 9.76. The highest BCUT2D eigenvalue weighted by molar-refractivity contribution is 5.89. The van der Waals surface area contributed by atoms with Gasteiger partial charge in [-0.05, 0) is 42.7 Å². The summed E-state index contributed by atoms with van der Waals surface area (Å²) in [4.78, 5) is 37.3. The monoisotopic (exact) mass is 550 g/mol. The zero-order valence-corrected chi connectivity index (χ0v) is 23.4. The van der Waals surface area contributed by atoms with E-state index in [0.717, 1.165) is 45.3 Å². The summed E-state index contributed by atoms with van der Waals surface area (Å²) in [6.07, 6.45) is 11.6. The molecule has 0 saturated carbocycles. The number of aliphatic carboxylic acids is 2. The van der Waals surface area contributed by atoms with Crippen LogP contribution in [-0.2, 0) is 19.1 Å². The number of rotatable bonds is 14. The van der Waals surface area contributed by atoms with E-state index in [1.807, 2.05) is 0 Å². The number of carboxylic acids is 2. The number of carbonyl (C=O) groups excluding carboxylic acids is 1. The summed E-state index contributed by atoms with van der Waals surface area (Å²) < 4.78 is 4.67. The van der Waals surface area contributed by atoms with Crippen LogP contribution in [-0.4, -0.2) is 66.1 Å². The van der Waals surface area contributed by atoms with Gasteiger partial charge in [-0.1, -0.05) is 79.9 Å². The van der Waals surface area contributed by atoms with Crippen LogP contribution < -0.4 is 0 Å². The summed E-state index contributed by atoms with van der Waals surface area (Å²) in [6.45, 7) is 3.06. The number of ether oxygens (including phenoxy) is 1. The van der Waals surface area contributed by atoms with E-state index in [-0.39, 0.29) is 5.97 Å². The minimum Gasteiger partial charge on any atom is -0.478 e. The Morgan fingerprint density at radius 2 is 1.35 bits per heavy atom. The van der Waals surface area contributed by atoms with Gasteiger partial charge in [0.2, 0.25) is 0 Å². The number of nitrogens with zero attached hydrogens (tertiary/aromatic N) is 2. The Balaban J connectivity index is 0.000000611. The Bertz CT molecular complexity index is 1010. The smallest absolute Gasteiger partial charge is 0.328 e. The molecule has 2 aromatic rings. The SMILES string of the molecule is COC(=O)CCCCCCCN=CN1CCC(C(c2ccccc2)c2ccccc2)CC1.O=C(O)/C=C/C(=O)O. The van der Waals surface area contributed by atoms with E-state index >= 15 is 0 Å². The Labute approximate surface area is 237 Å². The van der Waals surface area contributed by atoms with E-state index in [1.54, 1.807) is 0 Å². The molecule has 0 radical (unpaired) electrons. The van der Waals surface area contributed by atoms with Crippen LogP contribution in [0.2, 0.25) is 0 Å². The number of carbonyl (C=O) groups is 3. The van der Waals surface area contributed by atoms with Crippen molar-refractivity contribution >= 4 is 24.2 Å². The van der Waals surface area contributed by atoms with Gasteiger partial charge >= 0.3 is 17.9 Å². The molecule has 3 rings (SSSR count). The van der Waals surface area contributed by atoms with Gasteiger partial charge in [-0.15, -0.1) is 0 Å². The average Bonchev–Trinajstić information content (AvgIpc) is 2.97. The maximum Gasteiger partial charge on any atom is 0.328 e. The van der Waals surface area contributed by atoms with Gasteiger partial charge in [-0.3, -0.25) is 9.79 Å². The zero-order valence-electron chi connectivity index (χ0n) is 23.4. The van der Waals surface area contributed by atoms with E-state index in [0.29, 0.717) is 30.4 Å². The molecule has 0 unspecified atom stereocenters. The van der Waals surface area contributed by atoms with Crippen molar-refractivity contribution in [2.75, 3.05) is 26.7 Å². The second kappa shape index (κ2) is 19.2. The van der Waals surface area contributed by atoms with Gasteiger partial charge in [0.25, 0.3) is 0 Å².